The molecule has 0 fully saturated rings. The van der Waals surface area contributed by atoms with E-state index in [2.05, 4.69) is 49.0 Å². The Morgan fingerprint density at radius 3 is 2.76 bits per heavy atom. The highest BCUT2D eigenvalue weighted by molar-refractivity contribution is 5.85. The normalized spacial score (nSPS) is 11.5. The van der Waals surface area contributed by atoms with Gasteiger partial charge in [0.2, 0.25) is 0 Å². The maximum Gasteiger partial charge on any atom is 0.129 e. The first-order valence-corrected chi connectivity index (χ1v) is 7.79. The third-order valence-corrected chi connectivity index (χ3v) is 4.07. The smallest absolute Gasteiger partial charge is 0.129 e. The van der Waals surface area contributed by atoms with Crippen molar-refractivity contribution >= 4 is 16.7 Å². The zero-order valence-corrected chi connectivity index (χ0v) is 13.6. The lowest BCUT2D eigenvalue weighted by Crippen LogP contribution is -2.17. The van der Waals surface area contributed by atoms with Gasteiger partial charge in [-0.3, -0.25) is 0 Å². The van der Waals surface area contributed by atoms with Crippen LogP contribution in [0.2, 0.25) is 0 Å². The number of aryl methyl sites for hydroxylation is 2. The summed E-state index contributed by atoms with van der Waals surface area (Å²) in [5.41, 5.74) is 5.17. The van der Waals surface area contributed by atoms with E-state index in [1.165, 1.54) is 27.7 Å². The Labute approximate surface area is 127 Å². The van der Waals surface area contributed by atoms with Gasteiger partial charge in [-0.25, -0.2) is 0 Å². The summed E-state index contributed by atoms with van der Waals surface area (Å²) in [5.74, 6) is 0.276. The number of rotatable bonds is 7. The van der Waals surface area contributed by atoms with Gasteiger partial charge in [0.25, 0.3) is 0 Å². The highest BCUT2D eigenvalue weighted by Crippen LogP contribution is 2.26. The first-order valence-electron chi connectivity index (χ1n) is 7.79. The molecule has 1 aromatic heterocycles. The van der Waals surface area contributed by atoms with Crippen LogP contribution in [0, 0.1) is 6.92 Å². The Balaban J connectivity index is 2.33. The second kappa shape index (κ2) is 6.90. The highest BCUT2D eigenvalue weighted by Gasteiger charge is 2.13. The van der Waals surface area contributed by atoms with Gasteiger partial charge in [-0.15, -0.1) is 0 Å². The molecule has 0 saturated carbocycles. The van der Waals surface area contributed by atoms with Gasteiger partial charge in [-0.2, -0.15) is 0 Å². The van der Waals surface area contributed by atoms with Gasteiger partial charge in [0, 0.05) is 29.6 Å². The topological polar surface area (TPSA) is 36.1 Å². The van der Waals surface area contributed by atoms with Crippen molar-refractivity contribution in [2.75, 3.05) is 13.6 Å². The summed E-state index contributed by atoms with van der Waals surface area (Å²) in [7, 11) is 2.14. The lowest BCUT2D eigenvalue weighted by Gasteiger charge is -2.14. The van der Waals surface area contributed by atoms with E-state index in [-0.39, 0.29) is 5.78 Å². The van der Waals surface area contributed by atoms with Crippen LogP contribution in [0.5, 0.6) is 0 Å². The quantitative estimate of drug-likeness (QED) is 0.839. The largest absolute Gasteiger partial charge is 0.357 e. The van der Waals surface area contributed by atoms with Crippen LogP contribution in [0.25, 0.3) is 10.9 Å². The molecule has 1 N–H and O–H groups in total. The third kappa shape index (κ3) is 3.94. The van der Waals surface area contributed by atoms with Crippen molar-refractivity contribution in [3.8, 4) is 0 Å². The lowest BCUT2D eigenvalue weighted by atomic mass is 10.0. The number of nitrogens with zero attached hydrogens (tertiary/aromatic N) is 1. The fourth-order valence-electron chi connectivity index (χ4n) is 2.73. The van der Waals surface area contributed by atoms with Gasteiger partial charge in [-0.05, 0) is 58.0 Å². The van der Waals surface area contributed by atoms with E-state index in [0.717, 1.165) is 25.9 Å². The minimum Gasteiger partial charge on any atom is -0.357 e. The minimum absolute atomic E-state index is 0.276. The van der Waals surface area contributed by atoms with E-state index in [4.69, 9.17) is 0 Å². The van der Waals surface area contributed by atoms with Crippen LogP contribution in [0.3, 0.4) is 0 Å². The molecule has 114 valence electrons. The average molecular weight is 286 g/mol. The number of fused-ring (bicyclic) bond motifs is 1. The maximum absolute atomic E-state index is 11.2. The van der Waals surface area contributed by atoms with Crippen molar-refractivity contribution in [2.45, 2.75) is 46.6 Å². The number of hydrogen-bond acceptors (Lipinski definition) is 2. The van der Waals surface area contributed by atoms with Crippen molar-refractivity contribution in [3.05, 3.63) is 35.0 Å². The van der Waals surface area contributed by atoms with E-state index in [1.54, 1.807) is 6.92 Å². The first-order chi connectivity index (χ1) is 10.0. The average Bonchev–Trinajstić information content (AvgIpc) is 2.76. The number of carbonyl (C=O) groups excluding carboxylic acids is 1. The molecule has 3 heteroatoms. The Morgan fingerprint density at radius 1 is 1.33 bits per heavy atom. The standard InChI is InChI=1S/C18H26N2O/c1-5-20(4)12-18-15(8-6-7-14(3)21)16-11-13(2)9-10-17(16)19-18/h9-11,19H,5-8,12H2,1-4H3. The summed E-state index contributed by atoms with van der Waals surface area (Å²) in [4.78, 5) is 17.0. The molecule has 0 aliphatic rings. The summed E-state index contributed by atoms with van der Waals surface area (Å²) < 4.78 is 0. The maximum atomic E-state index is 11.2. The second-order valence-electron chi connectivity index (χ2n) is 6.02. The Hall–Kier alpha value is -1.61. The molecule has 1 heterocycles. The van der Waals surface area contributed by atoms with Crippen LogP contribution in [-0.4, -0.2) is 29.3 Å². The van der Waals surface area contributed by atoms with Crippen molar-refractivity contribution in [3.63, 3.8) is 0 Å². The summed E-state index contributed by atoms with van der Waals surface area (Å²) in [5, 5.41) is 1.32. The summed E-state index contributed by atoms with van der Waals surface area (Å²) in [6.07, 6.45) is 2.57. The molecule has 3 nitrogen and oxygen atoms in total. The molecule has 0 amide bonds. The van der Waals surface area contributed by atoms with Crippen LogP contribution in [0.1, 0.15) is 43.5 Å². The van der Waals surface area contributed by atoms with Gasteiger partial charge in [0.05, 0.1) is 0 Å². The van der Waals surface area contributed by atoms with Crippen molar-refractivity contribution in [1.29, 1.82) is 0 Å². The summed E-state index contributed by atoms with van der Waals surface area (Å²) in [6, 6.07) is 6.56. The Morgan fingerprint density at radius 2 is 2.10 bits per heavy atom. The molecule has 0 atom stereocenters. The SMILES string of the molecule is CCN(C)Cc1[nH]c2ccc(C)cc2c1CCCC(C)=O. The number of aromatic amines is 1. The first kappa shape index (κ1) is 15.8. The van der Waals surface area contributed by atoms with Crippen molar-refractivity contribution in [2.24, 2.45) is 0 Å². The fraction of sp³-hybridized carbons (Fsp3) is 0.500. The van der Waals surface area contributed by atoms with Crippen LogP contribution >= 0.6 is 0 Å². The van der Waals surface area contributed by atoms with E-state index in [0.29, 0.717) is 6.42 Å². The predicted octanol–water partition coefficient (Wildman–Crippen LogP) is 3.84. The van der Waals surface area contributed by atoms with Crippen LogP contribution in [-0.2, 0) is 17.8 Å². The molecule has 0 aliphatic heterocycles. The Kier molecular flexibility index (Phi) is 5.18. The number of H-pyrrole nitrogens is 1. The van der Waals surface area contributed by atoms with E-state index in [9.17, 15) is 4.79 Å². The van der Waals surface area contributed by atoms with Crippen molar-refractivity contribution in [1.82, 2.24) is 9.88 Å². The lowest BCUT2D eigenvalue weighted by molar-refractivity contribution is -0.117. The van der Waals surface area contributed by atoms with E-state index in [1.807, 2.05) is 0 Å². The predicted molar refractivity (Wildman–Crippen MR) is 88.7 cm³/mol. The molecule has 2 aromatic rings. The molecule has 21 heavy (non-hydrogen) atoms. The highest BCUT2D eigenvalue weighted by atomic mass is 16.1. The number of Topliss-reactive ketones (excluding diaryl/α,β-unsaturated/α-hetero) is 1. The van der Waals surface area contributed by atoms with E-state index < -0.39 is 0 Å². The molecule has 2 rings (SSSR count). The number of nitrogens with one attached hydrogen (secondary N) is 1. The zero-order chi connectivity index (χ0) is 15.4. The summed E-state index contributed by atoms with van der Waals surface area (Å²) in [6.45, 7) is 7.93. The fourth-order valence-corrected chi connectivity index (χ4v) is 2.73. The molecule has 0 saturated heterocycles. The van der Waals surface area contributed by atoms with Crippen molar-refractivity contribution < 1.29 is 4.79 Å². The van der Waals surface area contributed by atoms with Gasteiger partial charge >= 0.3 is 0 Å². The number of hydrogen-bond donors (Lipinski definition) is 1. The van der Waals surface area contributed by atoms with Gasteiger partial charge in [0.1, 0.15) is 5.78 Å². The molecule has 0 unspecified atom stereocenters. The number of carbonyl (C=O) groups is 1. The van der Waals surface area contributed by atoms with Crippen LogP contribution in [0.4, 0.5) is 0 Å². The molecule has 0 bridgehead atoms. The van der Waals surface area contributed by atoms with Crippen LogP contribution < -0.4 is 0 Å². The number of benzene rings is 1. The summed E-state index contributed by atoms with van der Waals surface area (Å²) >= 11 is 0. The third-order valence-electron chi connectivity index (χ3n) is 4.07. The molecule has 0 radical (unpaired) electrons. The zero-order valence-electron chi connectivity index (χ0n) is 13.6. The van der Waals surface area contributed by atoms with Gasteiger partial charge in [0.15, 0.2) is 0 Å². The molecule has 0 spiro atoms. The molecule has 0 aliphatic carbocycles. The van der Waals surface area contributed by atoms with E-state index >= 15 is 0 Å². The van der Waals surface area contributed by atoms with Crippen LogP contribution in [0.15, 0.2) is 18.2 Å². The molecular weight excluding hydrogens is 260 g/mol. The Bertz CT molecular complexity index is 627. The number of ketones is 1. The minimum atomic E-state index is 0.276. The monoisotopic (exact) mass is 286 g/mol. The molecule has 1 aromatic carbocycles. The van der Waals surface area contributed by atoms with Gasteiger partial charge in [-0.1, -0.05) is 18.6 Å². The molecular formula is C18H26N2O. The number of aromatic nitrogens is 1. The second-order valence-corrected chi connectivity index (χ2v) is 6.02. The van der Waals surface area contributed by atoms with Gasteiger partial charge < -0.3 is 14.7 Å².